The number of rotatable bonds is 3. The summed E-state index contributed by atoms with van der Waals surface area (Å²) in [5, 5.41) is 13.3. The molecule has 3 N–H and O–H groups in total. The number of benzene rings is 1. The summed E-state index contributed by atoms with van der Waals surface area (Å²) in [6.45, 7) is 2.04. The van der Waals surface area contributed by atoms with Crippen LogP contribution in [0.4, 0.5) is 5.69 Å². The monoisotopic (exact) mass is 335 g/mol. The minimum atomic E-state index is -0.251. The Morgan fingerprint density at radius 3 is 2.88 bits per heavy atom. The number of H-pyrrole nitrogens is 1. The summed E-state index contributed by atoms with van der Waals surface area (Å²) in [6.07, 6.45) is 3.95. The predicted molar refractivity (Wildman–Crippen MR) is 95.2 cm³/mol. The number of fused-ring (bicyclic) bond motifs is 1. The molecule has 1 unspecified atom stereocenters. The van der Waals surface area contributed by atoms with Crippen LogP contribution < -0.4 is 10.7 Å². The number of carbonyl (C=O) groups excluding carboxylic acids is 1. The molecule has 3 aromatic rings. The van der Waals surface area contributed by atoms with Gasteiger partial charge in [-0.2, -0.15) is 5.10 Å². The molecule has 1 atom stereocenters. The molecular weight excluding hydrogens is 318 g/mol. The van der Waals surface area contributed by atoms with E-state index in [0.29, 0.717) is 11.7 Å². The smallest absolute Gasteiger partial charge is 0.214 e. The first-order valence-corrected chi connectivity index (χ1v) is 7.84. The van der Waals surface area contributed by atoms with Gasteiger partial charge in [0, 0.05) is 29.9 Å². The molecular formula is C17H17N7O. The molecule has 8 nitrogen and oxygen atoms in total. The van der Waals surface area contributed by atoms with Crippen molar-refractivity contribution >= 4 is 28.8 Å². The van der Waals surface area contributed by atoms with Gasteiger partial charge in [-0.15, -0.1) is 0 Å². The van der Waals surface area contributed by atoms with Crippen LogP contribution in [0.1, 0.15) is 27.8 Å². The predicted octanol–water partition coefficient (Wildman–Crippen LogP) is 2.00. The van der Waals surface area contributed by atoms with Crippen molar-refractivity contribution in [3.63, 3.8) is 0 Å². The Kier molecular flexibility index (Phi) is 3.66. The second-order valence-corrected chi connectivity index (χ2v) is 5.87. The molecule has 0 fully saturated rings. The molecule has 126 valence electrons. The molecule has 25 heavy (non-hydrogen) atoms. The van der Waals surface area contributed by atoms with Crippen LogP contribution in [0.2, 0.25) is 0 Å². The topological polar surface area (TPSA) is 98.3 Å². The van der Waals surface area contributed by atoms with Crippen molar-refractivity contribution in [3.05, 3.63) is 53.5 Å². The maximum Gasteiger partial charge on any atom is 0.214 e. The van der Waals surface area contributed by atoms with Crippen molar-refractivity contribution in [1.82, 2.24) is 25.6 Å². The molecule has 4 rings (SSSR count). The molecule has 1 aliphatic heterocycles. The fourth-order valence-electron chi connectivity index (χ4n) is 2.81. The number of anilines is 1. The number of hydrogen-bond acceptors (Lipinski definition) is 7. The summed E-state index contributed by atoms with van der Waals surface area (Å²) in [6, 6.07) is 7.51. The lowest BCUT2D eigenvalue weighted by atomic mass is 10.1. The quantitative estimate of drug-likeness (QED) is 0.633. The summed E-state index contributed by atoms with van der Waals surface area (Å²) in [7, 11) is 1.89. The normalized spacial score (nSPS) is 17.0. The zero-order valence-electron chi connectivity index (χ0n) is 13.8. The van der Waals surface area contributed by atoms with Crippen LogP contribution in [-0.4, -0.2) is 39.5 Å². The van der Waals surface area contributed by atoms with Crippen LogP contribution in [-0.2, 0) is 0 Å². The van der Waals surface area contributed by atoms with Gasteiger partial charge < -0.3 is 5.32 Å². The Morgan fingerprint density at radius 1 is 1.24 bits per heavy atom. The molecule has 1 aromatic carbocycles. The van der Waals surface area contributed by atoms with E-state index >= 15 is 0 Å². The third-order valence-corrected chi connectivity index (χ3v) is 4.27. The maximum atomic E-state index is 10.7. The molecule has 8 heteroatoms. The third-order valence-electron chi connectivity index (χ3n) is 4.27. The highest BCUT2D eigenvalue weighted by atomic mass is 16.1. The van der Waals surface area contributed by atoms with E-state index in [1.54, 1.807) is 12.3 Å². The highest BCUT2D eigenvalue weighted by molar-refractivity contribution is 5.98. The number of aryl methyl sites for hydroxylation is 1. The fraction of sp³-hybridized carbons (Fsp3) is 0.176. The number of carbonyl (C=O) groups is 1. The van der Waals surface area contributed by atoms with Crippen LogP contribution in [0, 0.1) is 6.92 Å². The standard InChI is InChI=1S/C17H17N7O/c1-10-13-8-19-22-15(13)6-5-14(10)20-17-21-16(23-24(17)2)11-3-4-12(9-25)18-7-11/h3-9,16,23H,1-2H3,(H,19,22)(H,20,21). The lowest BCUT2D eigenvalue weighted by Gasteiger charge is -2.17. The van der Waals surface area contributed by atoms with Gasteiger partial charge in [0.1, 0.15) is 11.9 Å². The van der Waals surface area contributed by atoms with E-state index in [1.807, 2.05) is 43.4 Å². The van der Waals surface area contributed by atoms with E-state index < -0.39 is 0 Å². The minimum Gasteiger partial charge on any atom is -0.325 e. The van der Waals surface area contributed by atoms with Crippen LogP contribution in [0.5, 0.6) is 0 Å². The number of hydrogen-bond donors (Lipinski definition) is 3. The highest BCUT2D eigenvalue weighted by Gasteiger charge is 2.23. The molecule has 0 radical (unpaired) electrons. The van der Waals surface area contributed by atoms with E-state index in [2.05, 4.69) is 30.9 Å². The second-order valence-electron chi connectivity index (χ2n) is 5.87. The van der Waals surface area contributed by atoms with E-state index in [4.69, 9.17) is 0 Å². The lowest BCUT2D eigenvalue weighted by Crippen LogP contribution is -2.37. The van der Waals surface area contributed by atoms with Crippen LogP contribution in [0.25, 0.3) is 10.9 Å². The van der Waals surface area contributed by atoms with Gasteiger partial charge >= 0.3 is 0 Å². The first kappa shape index (κ1) is 15.3. The van der Waals surface area contributed by atoms with E-state index in [9.17, 15) is 4.79 Å². The number of aromatic amines is 1. The molecule has 3 heterocycles. The first-order chi connectivity index (χ1) is 12.2. The van der Waals surface area contributed by atoms with Gasteiger partial charge in [0.05, 0.1) is 11.7 Å². The largest absolute Gasteiger partial charge is 0.325 e. The summed E-state index contributed by atoms with van der Waals surface area (Å²) < 4.78 is 0. The molecule has 0 saturated carbocycles. The van der Waals surface area contributed by atoms with Gasteiger partial charge in [0.15, 0.2) is 6.29 Å². The zero-order valence-corrected chi connectivity index (χ0v) is 13.8. The number of aldehydes is 1. The van der Waals surface area contributed by atoms with Crippen molar-refractivity contribution in [2.24, 2.45) is 4.99 Å². The number of pyridine rings is 1. The van der Waals surface area contributed by atoms with Crippen molar-refractivity contribution in [2.75, 3.05) is 12.4 Å². The van der Waals surface area contributed by atoms with Crippen molar-refractivity contribution < 1.29 is 4.79 Å². The molecule has 0 spiro atoms. The second kappa shape index (κ2) is 5.99. The van der Waals surface area contributed by atoms with E-state index in [-0.39, 0.29) is 6.17 Å². The molecule has 2 aromatic heterocycles. The van der Waals surface area contributed by atoms with Crippen molar-refractivity contribution in [3.8, 4) is 0 Å². The Bertz CT molecular complexity index is 961. The van der Waals surface area contributed by atoms with Crippen LogP contribution >= 0.6 is 0 Å². The minimum absolute atomic E-state index is 0.251. The third kappa shape index (κ3) is 2.72. The Morgan fingerprint density at radius 2 is 2.12 bits per heavy atom. The van der Waals surface area contributed by atoms with Gasteiger partial charge in [-0.05, 0) is 30.7 Å². The average Bonchev–Trinajstić information content (AvgIpc) is 3.25. The number of guanidine groups is 1. The van der Waals surface area contributed by atoms with Gasteiger partial charge in [0.25, 0.3) is 0 Å². The summed E-state index contributed by atoms with van der Waals surface area (Å²) in [5.74, 6) is 0.704. The van der Waals surface area contributed by atoms with Gasteiger partial charge in [-0.25, -0.2) is 10.4 Å². The Labute approximate surface area is 143 Å². The number of hydrazine groups is 1. The summed E-state index contributed by atoms with van der Waals surface area (Å²) in [5.41, 5.74) is 7.61. The van der Waals surface area contributed by atoms with Crippen LogP contribution in [0.15, 0.2) is 41.7 Å². The Hall–Kier alpha value is -3.26. The molecule has 0 bridgehead atoms. The average molecular weight is 335 g/mol. The lowest BCUT2D eigenvalue weighted by molar-refractivity contribution is 0.111. The molecule has 0 saturated heterocycles. The zero-order chi connectivity index (χ0) is 17.4. The Balaban J connectivity index is 1.60. The fourth-order valence-corrected chi connectivity index (χ4v) is 2.81. The number of aromatic nitrogens is 3. The van der Waals surface area contributed by atoms with Gasteiger partial charge in [0.2, 0.25) is 5.96 Å². The highest BCUT2D eigenvalue weighted by Crippen LogP contribution is 2.25. The van der Waals surface area contributed by atoms with Crippen molar-refractivity contribution in [1.29, 1.82) is 0 Å². The summed E-state index contributed by atoms with van der Waals surface area (Å²) >= 11 is 0. The first-order valence-electron chi connectivity index (χ1n) is 7.84. The van der Waals surface area contributed by atoms with E-state index in [1.165, 1.54) is 0 Å². The number of aliphatic imine (C=N–C) groups is 1. The van der Waals surface area contributed by atoms with Crippen LogP contribution in [0.3, 0.4) is 0 Å². The summed E-state index contributed by atoms with van der Waals surface area (Å²) in [4.78, 5) is 19.5. The number of nitrogens with zero attached hydrogens (tertiary/aromatic N) is 4. The van der Waals surface area contributed by atoms with Crippen molar-refractivity contribution in [2.45, 2.75) is 13.1 Å². The van der Waals surface area contributed by atoms with Gasteiger partial charge in [-0.3, -0.25) is 19.9 Å². The molecule has 0 aliphatic carbocycles. The SMILES string of the molecule is Cc1c(NC2=NC(c3ccc(C=O)nc3)NN2C)ccc2[nH]ncc12. The van der Waals surface area contributed by atoms with Gasteiger partial charge in [-0.1, -0.05) is 6.07 Å². The van der Waals surface area contributed by atoms with E-state index in [0.717, 1.165) is 34.0 Å². The molecule has 0 amide bonds. The maximum absolute atomic E-state index is 10.7. The number of nitrogens with one attached hydrogen (secondary N) is 3. The molecule has 1 aliphatic rings.